The number of methoxy groups -OCH3 is 2. The molecular formula is C18H18FN3O4. The number of hydrazone groups is 1. The molecular weight excluding hydrogens is 341 g/mol. The van der Waals surface area contributed by atoms with E-state index in [1.807, 2.05) is 0 Å². The molecule has 0 spiro atoms. The third kappa shape index (κ3) is 5.59. The molecule has 0 heterocycles. The van der Waals surface area contributed by atoms with Crippen molar-refractivity contribution in [3.8, 4) is 11.5 Å². The van der Waals surface area contributed by atoms with Crippen LogP contribution in [0.2, 0.25) is 0 Å². The van der Waals surface area contributed by atoms with Gasteiger partial charge in [-0.2, -0.15) is 5.10 Å². The average Bonchev–Trinajstić information content (AvgIpc) is 2.67. The van der Waals surface area contributed by atoms with Gasteiger partial charge in [0, 0.05) is 11.6 Å². The lowest BCUT2D eigenvalue weighted by Gasteiger charge is -2.08. The molecule has 2 N–H and O–H groups in total. The van der Waals surface area contributed by atoms with Gasteiger partial charge >= 0.3 is 0 Å². The highest BCUT2D eigenvalue weighted by molar-refractivity contribution is 5.97. The van der Waals surface area contributed by atoms with E-state index < -0.39 is 11.8 Å². The summed E-state index contributed by atoms with van der Waals surface area (Å²) in [7, 11) is 2.95. The number of amides is 2. The summed E-state index contributed by atoms with van der Waals surface area (Å²) in [5.41, 5.74) is 3.19. The van der Waals surface area contributed by atoms with Crippen LogP contribution in [-0.2, 0) is 4.79 Å². The molecule has 0 aliphatic rings. The first-order valence-corrected chi connectivity index (χ1v) is 7.60. The Labute approximate surface area is 149 Å². The van der Waals surface area contributed by atoms with E-state index >= 15 is 0 Å². The smallest absolute Gasteiger partial charge is 0.259 e. The van der Waals surface area contributed by atoms with Crippen molar-refractivity contribution < 1.29 is 23.5 Å². The van der Waals surface area contributed by atoms with E-state index in [0.717, 1.165) is 0 Å². The Hall–Kier alpha value is -3.42. The summed E-state index contributed by atoms with van der Waals surface area (Å²) in [6.07, 6.45) is 1.37. The molecule has 136 valence electrons. The molecule has 8 heteroatoms. The molecule has 0 aliphatic carbocycles. The SMILES string of the molecule is COc1cc(OC)cc(C(=O)NCC(=O)N/N=C\c2ccc(F)cc2)c1. The van der Waals surface area contributed by atoms with Crippen molar-refractivity contribution in [2.24, 2.45) is 5.10 Å². The van der Waals surface area contributed by atoms with Crippen molar-refractivity contribution in [2.75, 3.05) is 20.8 Å². The largest absolute Gasteiger partial charge is 0.497 e. The van der Waals surface area contributed by atoms with Gasteiger partial charge in [0.15, 0.2) is 0 Å². The lowest BCUT2D eigenvalue weighted by Crippen LogP contribution is -2.34. The summed E-state index contributed by atoms with van der Waals surface area (Å²) in [6, 6.07) is 10.3. The van der Waals surface area contributed by atoms with Crippen molar-refractivity contribution in [3.63, 3.8) is 0 Å². The van der Waals surface area contributed by atoms with Crippen LogP contribution in [0.4, 0.5) is 4.39 Å². The van der Waals surface area contributed by atoms with Gasteiger partial charge in [-0.15, -0.1) is 0 Å². The van der Waals surface area contributed by atoms with Crippen LogP contribution < -0.4 is 20.2 Å². The molecule has 0 fully saturated rings. The van der Waals surface area contributed by atoms with E-state index in [1.165, 1.54) is 56.8 Å². The number of nitrogens with zero attached hydrogens (tertiary/aromatic N) is 1. The molecule has 2 rings (SSSR count). The number of carbonyl (C=O) groups excluding carboxylic acids is 2. The second kappa shape index (κ2) is 9.16. The predicted molar refractivity (Wildman–Crippen MR) is 94.0 cm³/mol. The number of benzene rings is 2. The lowest BCUT2D eigenvalue weighted by atomic mass is 10.2. The van der Waals surface area contributed by atoms with Crippen LogP contribution in [0.5, 0.6) is 11.5 Å². The van der Waals surface area contributed by atoms with Gasteiger partial charge in [-0.1, -0.05) is 12.1 Å². The standard InChI is InChI=1S/C18H18FN3O4/c1-25-15-7-13(8-16(9-15)26-2)18(24)20-11-17(23)22-21-10-12-3-5-14(19)6-4-12/h3-10H,11H2,1-2H3,(H,20,24)(H,22,23)/b21-10-. The fourth-order valence-corrected chi connectivity index (χ4v) is 1.97. The highest BCUT2D eigenvalue weighted by Gasteiger charge is 2.11. The van der Waals surface area contributed by atoms with E-state index in [0.29, 0.717) is 22.6 Å². The van der Waals surface area contributed by atoms with Gasteiger partial charge in [-0.25, -0.2) is 9.82 Å². The second-order valence-corrected chi connectivity index (χ2v) is 5.13. The molecule has 2 amide bonds. The van der Waals surface area contributed by atoms with Crippen LogP contribution in [0, 0.1) is 5.82 Å². The molecule has 0 saturated heterocycles. The third-order valence-electron chi connectivity index (χ3n) is 3.30. The van der Waals surface area contributed by atoms with E-state index in [4.69, 9.17) is 9.47 Å². The summed E-state index contributed by atoms with van der Waals surface area (Å²) < 4.78 is 23.0. The van der Waals surface area contributed by atoms with Crippen LogP contribution in [0.25, 0.3) is 0 Å². The Kier molecular flexibility index (Phi) is 6.67. The summed E-state index contributed by atoms with van der Waals surface area (Å²) in [6.45, 7) is -0.265. The highest BCUT2D eigenvalue weighted by Crippen LogP contribution is 2.22. The zero-order chi connectivity index (χ0) is 18.9. The van der Waals surface area contributed by atoms with E-state index in [9.17, 15) is 14.0 Å². The molecule has 0 aromatic heterocycles. The average molecular weight is 359 g/mol. The van der Waals surface area contributed by atoms with E-state index in [1.54, 1.807) is 6.07 Å². The van der Waals surface area contributed by atoms with E-state index in [2.05, 4.69) is 15.8 Å². The van der Waals surface area contributed by atoms with Gasteiger partial charge in [0.1, 0.15) is 17.3 Å². The summed E-state index contributed by atoms with van der Waals surface area (Å²) in [5.74, 6) is -0.403. The van der Waals surface area contributed by atoms with Crippen LogP contribution in [0.15, 0.2) is 47.6 Å². The van der Waals surface area contributed by atoms with Gasteiger partial charge in [0.2, 0.25) is 0 Å². The van der Waals surface area contributed by atoms with Crippen LogP contribution in [0.1, 0.15) is 15.9 Å². The third-order valence-corrected chi connectivity index (χ3v) is 3.30. The molecule has 0 bridgehead atoms. The Morgan fingerprint density at radius 2 is 1.69 bits per heavy atom. The highest BCUT2D eigenvalue weighted by atomic mass is 19.1. The molecule has 0 radical (unpaired) electrons. The molecule has 0 aliphatic heterocycles. The Bertz CT molecular complexity index is 784. The number of halogens is 1. The number of ether oxygens (including phenoxy) is 2. The Balaban J connectivity index is 1.86. The number of hydrogen-bond donors (Lipinski definition) is 2. The van der Waals surface area contributed by atoms with Crippen LogP contribution >= 0.6 is 0 Å². The van der Waals surface area contributed by atoms with Gasteiger partial charge in [0.25, 0.3) is 11.8 Å². The maximum absolute atomic E-state index is 12.8. The van der Waals surface area contributed by atoms with Crippen molar-refractivity contribution in [1.29, 1.82) is 0 Å². The van der Waals surface area contributed by atoms with Crippen molar-refractivity contribution in [2.45, 2.75) is 0 Å². The summed E-state index contributed by atoms with van der Waals surface area (Å²) in [4.78, 5) is 23.9. The monoisotopic (exact) mass is 359 g/mol. The number of nitrogens with one attached hydrogen (secondary N) is 2. The first-order valence-electron chi connectivity index (χ1n) is 7.60. The van der Waals surface area contributed by atoms with Crippen LogP contribution in [-0.4, -0.2) is 38.8 Å². The van der Waals surface area contributed by atoms with Crippen molar-refractivity contribution in [3.05, 3.63) is 59.4 Å². The molecule has 7 nitrogen and oxygen atoms in total. The normalized spacial score (nSPS) is 10.4. The number of carbonyl (C=O) groups is 2. The molecule has 0 atom stereocenters. The number of hydrogen-bond acceptors (Lipinski definition) is 5. The van der Waals surface area contributed by atoms with Gasteiger partial charge < -0.3 is 14.8 Å². The quantitative estimate of drug-likeness (QED) is 0.582. The number of rotatable bonds is 7. The Morgan fingerprint density at radius 1 is 1.08 bits per heavy atom. The minimum atomic E-state index is -0.508. The van der Waals surface area contributed by atoms with Crippen molar-refractivity contribution in [1.82, 2.24) is 10.7 Å². The minimum absolute atomic E-state index is 0.265. The first kappa shape index (κ1) is 18.9. The molecule has 2 aromatic carbocycles. The fourth-order valence-electron chi connectivity index (χ4n) is 1.97. The maximum atomic E-state index is 12.8. The Morgan fingerprint density at radius 3 is 2.27 bits per heavy atom. The zero-order valence-corrected chi connectivity index (χ0v) is 14.3. The maximum Gasteiger partial charge on any atom is 0.259 e. The van der Waals surface area contributed by atoms with Gasteiger partial charge in [-0.05, 0) is 29.8 Å². The van der Waals surface area contributed by atoms with Gasteiger partial charge in [-0.3, -0.25) is 9.59 Å². The lowest BCUT2D eigenvalue weighted by molar-refractivity contribution is -0.120. The van der Waals surface area contributed by atoms with E-state index in [-0.39, 0.29) is 12.4 Å². The molecule has 0 saturated carbocycles. The molecule has 0 unspecified atom stereocenters. The molecule has 2 aromatic rings. The van der Waals surface area contributed by atoms with Gasteiger partial charge in [0.05, 0.1) is 27.0 Å². The first-order chi connectivity index (χ1) is 12.5. The second-order valence-electron chi connectivity index (χ2n) is 5.13. The summed E-state index contributed by atoms with van der Waals surface area (Å²) >= 11 is 0. The minimum Gasteiger partial charge on any atom is -0.497 e. The zero-order valence-electron chi connectivity index (χ0n) is 14.3. The predicted octanol–water partition coefficient (Wildman–Crippen LogP) is 1.72. The summed E-state index contributed by atoms with van der Waals surface area (Å²) in [5, 5.41) is 6.21. The molecule has 26 heavy (non-hydrogen) atoms. The van der Waals surface area contributed by atoms with Crippen LogP contribution in [0.3, 0.4) is 0 Å². The topological polar surface area (TPSA) is 89.0 Å². The van der Waals surface area contributed by atoms with Crippen molar-refractivity contribution >= 4 is 18.0 Å². The fraction of sp³-hybridized carbons (Fsp3) is 0.167.